The Balaban J connectivity index is 1.92. The summed E-state index contributed by atoms with van der Waals surface area (Å²) in [7, 11) is 0. The molecule has 0 radical (unpaired) electrons. The lowest BCUT2D eigenvalue weighted by molar-refractivity contribution is 0.655. The molecule has 2 aliphatic carbocycles. The van der Waals surface area contributed by atoms with Gasteiger partial charge in [-0.25, -0.2) is 0 Å². The summed E-state index contributed by atoms with van der Waals surface area (Å²) in [6.07, 6.45) is 11.2. The molecule has 92 valence electrons. The van der Waals surface area contributed by atoms with Crippen LogP contribution in [0.1, 0.15) is 22.6 Å². The van der Waals surface area contributed by atoms with Crippen molar-refractivity contribution in [1.29, 1.82) is 0 Å². The van der Waals surface area contributed by atoms with Gasteiger partial charge >= 0.3 is 0 Å². The Morgan fingerprint density at radius 3 is 2.74 bits per heavy atom. The van der Waals surface area contributed by atoms with Crippen LogP contribution < -0.4 is 0 Å². The molecule has 0 amide bonds. The minimum atomic E-state index is 0.462. The molecule has 0 nitrogen and oxygen atoms in total. The lowest BCUT2D eigenvalue weighted by Crippen LogP contribution is -2.18. The summed E-state index contributed by atoms with van der Waals surface area (Å²) in [5.41, 5.74) is 5.72. The number of allylic oxidation sites excluding steroid dienone is 5. The van der Waals surface area contributed by atoms with Crippen LogP contribution in [0.2, 0.25) is 0 Å². The fourth-order valence-corrected chi connectivity index (χ4v) is 3.98. The summed E-state index contributed by atoms with van der Waals surface area (Å²) < 4.78 is 0. The van der Waals surface area contributed by atoms with Crippen LogP contribution in [0.5, 0.6) is 0 Å². The predicted octanol–water partition coefficient (Wildman–Crippen LogP) is 5.02. The maximum absolute atomic E-state index is 2.34. The van der Waals surface area contributed by atoms with Gasteiger partial charge in [0.2, 0.25) is 0 Å². The first-order chi connectivity index (χ1) is 9.43. The molecule has 2 atom stereocenters. The maximum Gasteiger partial charge on any atom is 0.0207 e. The van der Waals surface area contributed by atoms with Gasteiger partial charge in [0.1, 0.15) is 0 Å². The van der Waals surface area contributed by atoms with Crippen LogP contribution in [-0.4, -0.2) is 0 Å². The van der Waals surface area contributed by atoms with Gasteiger partial charge in [-0.05, 0) is 39.1 Å². The second-order valence-electron chi connectivity index (χ2n) is 5.08. The van der Waals surface area contributed by atoms with Gasteiger partial charge in [-0.2, -0.15) is 11.3 Å². The molecule has 0 bridgehead atoms. The number of thiophene rings is 1. The Morgan fingerprint density at radius 2 is 1.84 bits per heavy atom. The van der Waals surface area contributed by atoms with Gasteiger partial charge in [0.15, 0.2) is 0 Å². The summed E-state index contributed by atoms with van der Waals surface area (Å²) in [5.74, 6) is 0.943. The van der Waals surface area contributed by atoms with Crippen molar-refractivity contribution < 1.29 is 0 Å². The Labute approximate surface area is 117 Å². The molecule has 0 fully saturated rings. The molecule has 0 spiro atoms. The fraction of sp³-hybridized carbons (Fsp3) is 0.111. The smallest absolute Gasteiger partial charge is 0.0207 e. The molecular weight excluding hydrogens is 248 g/mol. The van der Waals surface area contributed by atoms with Crippen molar-refractivity contribution in [2.45, 2.75) is 5.92 Å². The van der Waals surface area contributed by atoms with E-state index in [1.807, 2.05) is 0 Å². The van der Waals surface area contributed by atoms with Gasteiger partial charge < -0.3 is 0 Å². The van der Waals surface area contributed by atoms with Crippen molar-refractivity contribution in [3.8, 4) is 0 Å². The van der Waals surface area contributed by atoms with E-state index in [1.54, 1.807) is 11.3 Å². The van der Waals surface area contributed by atoms with Gasteiger partial charge in [0.25, 0.3) is 0 Å². The molecule has 1 heteroatoms. The van der Waals surface area contributed by atoms with E-state index in [9.17, 15) is 0 Å². The second-order valence-corrected chi connectivity index (χ2v) is 5.83. The van der Waals surface area contributed by atoms with Crippen molar-refractivity contribution in [3.05, 3.63) is 87.7 Å². The van der Waals surface area contributed by atoms with Gasteiger partial charge in [0.05, 0.1) is 0 Å². The van der Waals surface area contributed by atoms with E-state index in [4.69, 9.17) is 0 Å². The van der Waals surface area contributed by atoms with Crippen LogP contribution in [0, 0.1) is 5.92 Å². The Hall–Kier alpha value is -1.86. The summed E-state index contributed by atoms with van der Waals surface area (Å²) in [6.45, 7) is 0. The Kier molecular flexibility index (Phi) is 2.52. The average Bonchev–Trinajstić information content (AvgIpc) is 2.93. The first kappa shape index (κ1) is 11.0. The highest BCUT2D eigenvalue weighted by Crippen LogP contribution is 2.45. The minimum absolute atomic E-state index is 0.462. The van der Waals surface area contributed by atoms with Gasteiger partial charge in [-0.3, -0.25) is 0 Å². The molecule has 0 aliphatic heterocycles. The van der Waals surface area contributed by atoms with E-state index < -0.39 is 0 Å². The third kappa shape index (κ3) is 1.73. The number of fused-ring (bicyclic) bond motifs is 2. The third-order valence-corrected chi connectivity index (χ3v) is 4.78. The number of benzene rings is 1. The standard InChI is InChI=1S/C18H14S/c1-2-6-13(7-3-1)18-16-9-5-4-8-14(16)10-15-11-19-12-17(15)18/h1-12,16,18H. The van der Waals surface area contributed by atoms with Crippen molar-refractivity contribution in [2.24, 2.45) is 5.92 Å². The topological polar surface area (TPSA) is 0 Å². The van der Waals surface area contributed by atoms with Crippen LogP contribution in [0.25, 0.3) is 6.08 Å². The highest BCUT2D eigenvalue weighted by Gasteiger charge is 2.31. The lowest BCUT2D eigenvalue weighted by Gasteiger charge is -2.31. The fourth-order valence-electron chi connectivity index (χ4n) is 3.13. The number of hydrogen-bond donors (Lipinski definition) is 0. The zero-order chi connectivity index (χ0) is 12.7. The first-order valence-corrected chi connectivity index (χ1v) is 7.55. The van der Waals surface area contributed by atoms with Gasteiger partial charge in [-0.1, -0.05) is 54.6 Å². The molecule has 2 aliphatic rings. The zero-order valence-corrected chi connectivity index (χ0v) is 11.3. The molecule has 19 heavy (non-hydrogen) atoms. The Bertz CT molecular complexity index is 685. The van der Waals surface area contributed by atoms with E-state index >= 15 is 0 Å². The summed E-state index contributed by atoms with van der Waals surface area (Å²) >= 11 is 1.81. The van der Waals surface area contributed by atoms with Crippen molar-refractivity contribution in [2.75, 3.05) is 0 Å². The maximum atomic E-state index is 2.34. The quantitative estimate of drug-likeness (QED) is 0.677. The van der Waals surface area contributed by atoms with Crippen LogP contribution in [0.15, 0.2) is 71.0 Å². The zero-order valence-electron chi connectivity index (χ0n) is 10.5. The Morgan fingerprint density at radius 1 is 0.947 bits per heavy atom. The van der Waals surface area contributed by atoms with Crippen LogP contribution >= 0.6 is 11.3 Å². The molecular formula is C18H14S. The summed E-state index contributed by atoms with van der Waals surface area (Å²) in [4.78, 5) is 0. The van der Waals surface area contributed by atoms with Crippen molar-refractivity contribution >= 4 is 17.4 Å². The average molecular weight is 262 g/mol. The van der Waals surface area contributed by atoms with Crippen LogP contribution in [-0.2, 0) is 0 Å². The van der Waals surface area contributed by atoms with Crippen molar-refractivity contribution in [3.63, 3.8) is 0 Å². The van der Waals surface area contributed by atoms with Crippen LogP contribution in [0.4, 0.5) is 0 Å². The minimum Gasteiger partial charge on any atom is -0.151 e. The SMILES string of the molecule is C1=CC2=Cc3cscc3C(c3ccccc3)C2C=C1. The van der Waals surface area contributed by atoms with E-state index in [-0.39, 0.29) is 0 Å². The van der Waals surface area contributed by atoms with Gasteiger partial charge in [0, 0.05) is 11.8 Å². The summed E-state index contributed by atoms with van der Waals surface area (Å²) in [5, 5.41) is 4.58. The third-order valence-electron chi connectivity index (χ3n) is 4.00. The van der Waals surface area contributed by atoms with E-state index in [0.717, 1.165) is 0 Å². The first-order valence-electron chi connectivity index (χ1n) is 6.61. The molecule has 0 saturated carbocycles. The van der Waals surface area contributed by atoms with Crippen LogP contribution in [0.3, 0.4) is 0 Å². The van der Waals surface area contributed by atoms with E-state index in [2.05, 4.69) is 71.5 Å². The highest BCUT2D eigenvalue weighted by atomic mass is 32.1. The molecule has 2 aromatic rings. The number of rotatable bonds is 1. The van der Waals surface area contributed by atoms with Gasteiger partial charge in [-0.15, -0.1) is 0 Å². The molecule has 2 unspecified atom stereocenters. The predicted molar refractivity (Wildman–Crippen MR) is 82.4 cm³/mol. The van der Waals surface area contributed by atoms with E-state index in [1.165, 1.54) is 22.3 Å². The molecule has 4 rings (SSSR count). The molecule has 0 saturated heterocycles. The van der Waals surface area contributed by atoms with Crippen molar-refractivity contribution in [1.82, 2.24) is 0 Å². The molecule has 1 aromatic heterocycles. The largest absolute Gasteiger partial charge is 0.151 e. The normalized spacial score (nSPS) is 23.7. The molecule has 1 aromatic carbocycles. The highest BCUT2D eigenvalue weighted by molar-refractivity contribution is 7.08. The summed E-state index contributed by atoms with van der Waals surface area (Å²) in [6, 6.07) is 10.9. The van der Waals surface area contributed by atoms with E-state index in [0.29, 0.717) is 11.8 Å². The molecule has 0 N–H and O–H groups in total. The number of hydrogen-bond acceptors (Lipinski definition) is 1. The lowest BCUT2D eigenvalue weighted by atomic mass is 9.71. The molecule has 1 heterocycles. The second kappa shape index (κ2) is 4.36. The monoisotopic (exact) mass is 262 g/mol.